The van der Waals surface area contributed by atoms with Crippen LogP contribution in [0.25, 0.3) is 0 Å². The van der Waals surface area contributed by atoms with Crippen molar-refractivity contribution < 1.29 is 4.79 Å². The second kappa shape index (κ2) is 8.76. The SMILES string of the molecule is Cl.O=C(NCCCN1CCNCC1)c1ccc(Cl)s1. The van der Waals surface area contributed by atoms with Gasteiger partial charge in [-0.2, -0.15) is 0 Å². The Kier molecular flexibility index (Phi) is 7.71. The van der Waals surface area contributed by atoms with E-state index in [-0.39, 0.29) is 18.3 Å². The minimum Gasteiger partial charge on any atom is -0.351 e. The van der Waals surface area contributed by atoms with Crippen molar-refractivity contribution in [2.24, 2.45) is 0 Å². The van der Waals surface area contributed by atoms with Gasteiger partial charge in [0, 0.05) is 32.7 Å². The maximum atomic E-state index is 11.7. The van der Waals surface area contributed by atoms with E-state index in [0.29, 0.717) is 9.21 Å². The molecule has 0 aromatic carbocycles. The van der Waals surface area contributed by atoms with E-state index in [1.165, 1.54) is 11.3 Å². The van der Waals surface area contributed by atoms with Crippen molar-refractivity contribution in [1.29, 1.82) is 0 Å². The zero-order chi connectivity index (χ0) is 12.8. The maximum Gasteiger partial charge on any atom is 0.261 e. The molecule has 0 radical (unpaired) electrons. The van der Waals surface area contributed by atoms with Crippen molar-refractivity contribution in [2.45, 2.75) is 6.42 Å². The minimum atomic E-state index is -0.0211. The third-order valence-corrected chi connectivity index (χ3v) is 4.17. The first-order valence-corrected chi connectivity index (χ1v) is 7.42. The number of hydrogen-bond acceptors (Lipinski definition) is 4. The second-order valence-electron chi connectivity index (χ2n) is 4.30. The molecule has 1 saturated heterocycles. The number of amides is 1. The largest absolute Gasteiger partial charge is 0.351 e. The van der Waals surface area contributed by atoms with Gasteiger partial charge in [0.1, 0.15) is 0 Å². The predicted molar refractivity (Wildman–Crippen MR) is 82.8 cm³/mol. The first-order chi connectivity index (χ1) is 8.75. The summed E-state index contributed by atoms with van der Waals surface area (Å²) in [5, 5.41) is 6.25. The van der Waals surface area contributed by atoms with Gasteiger partial charge in [0.2, 0.25) is 0 Å². The highest BCUT2D eigenvalue weighted by Crippen LogP contribution is 2.20. The Morgan fingerprint density at radius 2 is 2.16 bits per heavy atom. The molecular weight excluding hydrogens is 305 g/mol. The number of nitrogens with zero attached hydrogens (tertiary/aromatic N) is 1. The Labute approximate surface area is 128 Å². The van der Waals surface area contributed by atoms with Crippen molar-refractivity contribution in [2.75, 3.05) is 39.3 Å². The summed E-state index contributed by atoms with van der Waals surface area (Å²) in [6.45, 7) is 6.12. The number of nitrogens with one attached hydrogen (secondary N) is 2. The molecule has 19 heavy (non-hydrogen) atoms. The summed E-state index contributed by atoms with van der Waals surface area (Å²) in [5.74, 6) is -0.0211. The minimum absolute atomic E-state index is 0. The normalized spacial score (nSPS) is 15.8. The monoisotopic (exact) mass is 323 g/mol. The molecule has 2 heterocycles. The average Bonchev–Trinajstić information content (AvgIpc) is 2.82. The predicted octanol–water partition coefficient (Wildman–Crippen LogP) is 1.85. The van der Waals surface area contributed by atoms with E-state index in [4.69, 9.17) is 11.6 Å². The third kappa shape index (κ3) is 5.67. The van der Waals surface area contributed by atoms with Crippen LogP contribution in [-0.2, 0) is 0 Å². The summed E-state index contributed by atoms with van der Waals surface area (Å²) in [6, 6.07) is 3.51. The summed E-state index contributed by atoms with van der Waals surface area (Å²) in [6.07, 6.45) is 0.991. The third-order valence-electron chi connectivity index (χ3n) is 2.94. The lowest BCUT2D eigenvalue weighted by Gasteiger charge is -2.27. The highest BCUT2D eigenvalue weighted by molar-refractivity contribution is 7.17. The molecule has 4 nitrogen and oxygen atoms in total. The van der Waals surface area contributed by atoms with E-state index in [2.05, 4.69) is 15.5 Å². The van der Waals surface area contributed by atoms with Crippen LogP contribution in [0.1, 0.15) is 16.1 Å². The Bertz CT molecular complexity index is 394. The van der Waals surface area contributed by atoms with Gasteiger partial charge in [0.15, 0.2) is 0 Å². The Balaban J connectivity index is 0.00000180. The lowest BCUT2D eigenvalue weighted by atomic mass is 10.3. The highest BCUT2D eigenvalue weighted by Gasteiger charge is 2.10. The fourth-order valence-electron chi connectivity index (χ4n) is 1.96. The van der Waals surface area contributed by atoms with Gasteiger partial charge in [-0.1, -0.05) is 11.6 Å². The van der Waals surface area contributed by atoms with Crippen molar-refractivity contribution in [3.05, 3.63) is 21.3 Å². The first kappa shape index (κ1) is 16.7. The molecule has 1 fully saturated rings. The van der Waals surface area contributed by atoms with E-state index in [9.17, 15) is 4.79 Å². The average molecular weight is 324 g/mol. The van der Waals surface area contributed by atoms with E-state index >= 15 is 0 Å². The number of thiophene rings is 1. The standard InChI is InChI=1S/C12H18ClN3OS.ClH/c13-11-3-2-10(18-11)12(17)15-4-1-7-16-8-5-14-6-9-16;/h2-3,14H,1,4-9H2,(H,15,17);1H. The molecule has 0 atom stereocenters. The number of piperazine rings is 1. The molecular formula is C12H19Cl2N3OS. The number of rotatable bonds is 5. The van der Waals surface area contributed by atoms with Crippen LogP contribution in [0.4, 0.5) is 0 Å². The van der Waals surface area contributed by atoms with E-state index in [1.54, 1.807) is 12.1 Å². The van der Waals surface area contributed by atoms with E-state index in [0.717, 1.165) is 45.7 Å². The van der Waals surface area contributed by atoms with Crippen LogP contribution in [-0.4, -0.2) is 50.1 Å². The topological polar surface area (TPSA) is 44.4 Å². The van der Waals surface area contributed by atoms with Gasteiger partial charge in [-0.25, -0.2) is 0 Å². The molecule has 0 bridgehead atoms. The summed E-state index contributed by atoms with van der Waals surface area (Å²) in [4.78, 5) is 14.8. The molecule has 2 rings (SSSR count). The van der Waals surface area contributed by atoms with Crippen LogP contribution in [0.3, 0.4) is 0 Å². The zero-order valence-corrected chi connectivity index (χ0v) is 13.0. The Morgan fingerprint density at radius 1 is 1.42 bits per heavy atom. The molecule has 1 aromatic rings. The second-order valence-corrected chi connectivity index (χ2v) is 6.02. The van der Waals surface area contributed by atoms with Gasteiger partial charge in [-0.15, -0.1) is 23.7 Å². The summed E-state index contributed by atoms with van der Waals surface area (Å²) < 4.78 is 0.654. The van der Waals surface area contributed by atoms with Crippen LogP contribution in [0.5, 0.6) is 0 Å². The van der Waals surface area contributed by atoms with Gasteiger partial charge >= 0.3 is 0 Å². The molecule has 1 aliphatic rings. The van der Waals surface area contributed by atoms with Crippen LogP contribution >= 0.6 is 35.3 Å². The Hall–Kier alpha value is -0.330. The summed E-state index contributed by atoms with van der Waals surface area (Å²) >= 11 is 7.11. The molecule has 2 N–H and O–H groups in total. The fourth-order valence-corrected chi connectivity index (χ4v) is 2.92. The van der Waals surface area contributed by atoms with Gasteiger partial charge < -0.3 is 15.5 Å². The van der Waals surface area contributed by atoms with Crippen molar-refractivity contribution in [1.82, 2.24) is 15.5 Å². The smallest absolute Gasteiger partial charge is 0.261 e. The molecule has 0 spiro atoms. The molecule has 1 amide bonds. The first-order valence-electron chi connectivity index (χ1n) is 6.22. The number of carbonyl (C=O) groups is 1. The molecule has 0 aliphatic carbocycles. The lowest BCUT2D eigenvalue weighted by molar-refractivity contribution is 0.0955. The number of hydrogen-bond donors (Lipinski definition) is 2. The summed E-state index contributed by atoms with van der Waals surface area (Å²) in [5.41, 5.74) is 0. The number of carbonyl (C=O) groups excluding carboxylic acids is 1. The van der Waals surface area contributed by atoms with Gasteiger partial charge in [-0.05, 0) is 25.1 Å². The molecule has 0 saturated carbocycles. The van der Waals surface area contributed by atoms with Crippen LogP contribution in [0, 0.1) is 0 Å². The Morgan fingerprint density at radius 3 is 2.79 bits per heavy atom. The van der Waals surface area contributed by atoms with Gasteiger partial charge in [-0.3, -0.25) is 4.79 Å². The number of halogens is 2. The van der Waals surface area contributed by atoms with Crippen molar-refractivity contribution in [3.63, 3.8) is 0 Å². The maximum absolute atomic E-state index is 11.7. The zero-order valence-electron chi connectivity index (χ0n) is 10.7. The molecule has 108 valence electrons. The summed E-state index contributed by atoms with van der Waals surface area (Å²) in [7, 11) is 0. The molecule has 7 heteroatoms. The lowest BCUT2D eigenvalue weighted by Crippen LogP contribution is -2.44. The van der Waals surface area contributed by atoms with Crippen LogP contribution in [0.15, 0.2) is 12.1 Å². The van der Waals surface area contributed by atoms with Crippen LogP contribution in [0.2, 0.25) is 4.34 Å². The van der Waals surface area contributed by atoms with Gasteiger partial charge in [0.05, 0.1) is 9.21 Å². The highest BCUT2D eigenvalue weighted by atomic mass is 35.5. The van der Waals surface area contributed by atoms with Gasteiger partial charge in [0.25, 0.3) is 5.91 Å². The van der Waals surface area contributed by atoms with E-state index in [1.807, 2.05) is 0 Å². The van der Waals surface area contributed by atoms with Crippen LogP contribution < -0.4 is 10.6 Å². The fraction of sp³-hybridized carbons (Fsp3) is 0.583. The van der Waals surface area contributed by atoms with E-state index < -0.39 is 0 Å². The quantitative estimate of drug-likeness (QED) is 0.813. The molecule has 1 aromatic heterocycles. The molecule has 1 aliphatic heterocycles. The van der Waals surface area contributed by atoms with Crippen molar-refractivity contribution >= 4 is 41.3 Å². The van der Waals surface area contributed by atoms with Crippen molar-refractivity contribution in [3.8, 4) is 0 Å². The molecule has 0 unspecified atom stereocenters.